The molecule has 7 nitrogen and oxygen atoms in total. The van der Waals surface area contributed by atoms with Crippen molar-refractivity contribution in [1.82, 2.24) is 9.91 Å². The molecule has 28 heavy (non-hydrogen) atoms. The van der Waals surface area contributed by atoms with E-state index in [9.17, 15) is 18.0 Å². The van der Waals surface area contributed by atoms with Gasteiger partial charge in [-0.1, -0.05) is 29.3 Å². The van der Waals surface area contributed by atoms with Crippen LogP contribution in [0, 0.1) is 0 Å². The molecule has 1 saturated heterocycles. The van der Waals surface area contributed by atoms with Crippen molar-refractivity contribution >= 4 is 50.6 Å². The number of hydrazone groups is 1. The van der Waals surface area contributed by atoms with Crippen LogP contribution in [0.1, 0.15) is 31.7 Å². The van der Waals surface area contributed by atoms with Crippen LogP contribution in [0.4, 0.5) is 0 Å². The van der Waals surface area contributed by atoms with Crippen LogP contribution in [0.15, 0.2) is 23.3 Å². The van der Waals surface area contributed by atoms with Gasteiger partial charge in [-0.05, 0) is 31.0 Å². The second-order valence-corrected chi connectivity index (χ2v) is 9.95. The standard InChI is InChI=1S/C18H21Cl2N3O4S/c1-2-22(10-12-3-4-14(19)15(20)9-12)18(25)16-5-6-17(24)23(21-16)13-7-8-28(26,27)11-13/h3-4,9,13H,2,5-8,10-11H2,1H3/t13-/m0/s1. The van der Waals surface area contributed by atoms with Gasteiger partial charge in [-0.15, -0.1) is 0 Å². The molecule has 0 aliphatic carbocycles. The first-order chi connectivity index (χ1) is 13.2. The number of benzene rings is 1. The topological polar surface area (TPSA) is 87.1 Å². The minimum Gasteiger partial charge on any atom is -0.333 e. The molecule has 1 fully saturated rings. The van der Waals surface area contributed by atoms with E-state index in [0.29, 0.717) is 29.6 Å². The van der Waals surface area contributed by atoms with Gasteiger partial charge in [-0.3, -0.25) is 9.59 Å². The summed E-state index contributed by atoms with van der Waals surface area (Å²) in [6.07, 6.45) is 0.733. The van der Waals surface area contributed by atoms with Gasteiger partial charge in [0.2, 0.25) is 5.91 Å². The molecule has 0 spiro atoms. The van der Waals surface area contributed by atoms with E-state index in [0.717, 1.165) is 5.56 Å². The van der Waals surface area contributed by atoms with Gasteiger partial charge >= 0.3 is 0 Å². The van der Waals surface area contributed by atoms with Crippen LogP contribution in [0.5, 0.6) is 0 Å². The predicted molar refractivity (Wildman–Crippen MR) is 108 cm³/mol. The zero-order valence-corrected chi connectivity index (χ0v) is 17.7. The van der Waals surface area contributed by atoms with E-state index in [4.69, 9.17) is 23.2 Å². The van der Waals surface area contributed by atoms with E-state index in [1.54, 1.807) is 23.1 Å². The quantitative estimate of drug-likeness (QED) is 0.696. The molecule has 2 aliphatic rings. The Morgan fingerprint density at radius 3 is 2.64 bits per heavy atom. The Balaban J connectivity index is 1.77. The second kappa shape index (κ2) is 8.39. The molecule has 2 amide bonds. The summed E-state index contributed by atoms with van der Waals surface area (Å²) < 4.78 is 23.5. The van der Waals surface area contributed by atoms with Crippen molar-refractivity contribution in [2.75, 3.05) is 18.1 Å². The van der Waals surface area contributed by atoms with Gasteiger partial charge in [0, 0.05) is 25.9 Å². The Hall–Kier alpha value is -1.64. The minimum absolute atomic E-state index is 0.0403. The highest BCUT2D eigenvalue weighted by atomic mass is 35.5. The number of carbonyl (C=O) groups is 2. The number of hydrogen-bond acceptors (Lipinski definition) is 5. The molecule has 0 N–H and O–H groups in total. The normalized spacial score (nSPS) is 21.5. The smallest absolute Gasteiger partial charge is 0.270 e. The number of nitrogens with zero attached hydrogens (tertiary/aromatic N) is 3. The zero-order valence-electron chi connectivity index (χ0n) is 15.4. The zero-order chi connectivity index (χ0) is 20.5. The summed E-state index contributed by atoms with van der Waals surface area (Å²) in [7, 11) is -3.16. The van der Waals surface area contributed by atoms with Gasteiger partial charge in [-0.25, -0.2) is 13.4 Å². The van der Waals surface area contributed by atoms with Crippen LogP contribution in [0.2, 0.25) is 10.0 Å². The largest absolute Gasteiger partial charge is 0.333 e. The van der Waals surface area contributed by atoms with Gasteiger partial charge in [0.1, 0.15) is 5.71 Å². The maximum absolute atomic E-state index is 13.0. The lowest BCUT2D eigenvalue weighted by Gasteiger charge is -2.29. The van der Waals surface area contributed by atoms with Crippen molar-refractivity contribution in [2.45, 2.75) is 38.8 Å². The molecule has 3 rings (SSSR count). The lowest BCUT2D eigenvalue weighted by atomic mass is 10.1. The number of carbonyl (C=O) groups excluding carboxylic acids is 2. The summed E-state index contributed by atoms with van der Waals surface area (Å²) >= 11 is 12.0. The number of halogens is 2. The fourth-order valence-electron chi connectivity index (χ4n) is 3.35. The van der Waals surface area contributed by atoms with Crippen LogP contribution in [-0.4, -0.2) is 59.9 Å². The van der Waals surface area contributed by atoms with Crippen LogP contribution in [-0.2, 0) is 26.0 Å². The Morgan fingerprint density at radius 2 is 2.04 bits per heavy atom. The van der Waals surface area contributed by atoms with E-state index in [-0.39, 0.29) is 41.9 Å². The summed E-state index contributed by atoms with van der Waals surface area (Å²) in [4.78, 5) is 26.8. The van der Waals surface area contributed by atoms with Crippen molar-refractivity contribution in [2.24, 2.45) is 5.10 Å². The summed E-state index contributed by atoms with van der Waals surface area (Å²) in [6.45, 7) is 2.63. The fourth-order valence-corrected chi connectivity index (χ4v) is 5.36. The highest BCUT2D eigenvalue weighted by molar-refractivity contribution is 7.91. The maximum atomic E-state index is 13.0. The monoisotopic (exact) mass is 445 g/mol. The molecular formula is C18H21Cl2N3O4S. The lowest BCUT2D eigenvalue weighted by Crippen LogP contribution is -2.44. The lowest BCUT2D eigenvalue weighted by molar-refractivity contribution is -0.134. The van der Waals surface area contributed by atoms with E-state index >= 15 is 0 Å². The third-order valence-electron chi connectivity index (χ3n) is 4.89. The summed E-state index contributed by atoms with van der Waals surface area (Å²) in [6, 6.07) is 4.69. The molecule has 1 atom stereocenters. The van der Waals surface area contributed by atoms with Crippen LogP contribution in [0.25, 0.3) is 0 Å². The first kappa shape index (κ1) is 21.1. The van der Waals surface area contributed by atoms with Gasteiger partial charge in [0.25, 0.3) is 5.91 Å². The summed E-state index contributed by atoms with van der Waals surface area (Å²) in [5.74, 6) is -0.582. The van der Waals surface area contributed by atoms with E-state index in [2.05, 4.69) is 5.10 Å². The Morgan fingerprint density at radius 1 is 1.29 bits per heavy atom. The molecule has 0 aromatic heterocycles. The first-order valence-electron chi connectivity index (χ1n) is 9.03. The molecule has 1 aromatic rings. The molecule has 1 aromatic carbocycles. The molecule has 152 valence electrons. The minimum atomic E-state index is -3.16. The van der Waals surface area contributed by atoms with Crippen molar-refractivity contribution in [1.29, 1.82) is 0 Å². The molecule has 2 aliphatic heterocycles. The third kappa shape index (κ3) is 4.67. The second-order valence-electron chi connectivity index (χ2n) is 6.91. The van der Waals surface area contributed by atoms with Gasteiger partial charge in [0.05, 0.1) is 27.6 Å². The molecule has 0 saturated carbocycles. The fraction of sp³-hybridized carbons (Fsp3) is 0.500. The Kier molecular flexibility index (Phi) is 6.31. The summed E-state index contributed by atoms with van der Waals surface area (Å²) in [5, 5.41) is 6.31. The average Bonchev–Trinajstić information content (AvgIpc) is 3.02. The maximum Gasteiger partial charge on any atom is 0.270 e. The molecule has 0 radical (unpaired) electrons. The Labute approximate surface area is 174 Å². The van der Waals surface area contributed by atoms with Crippen molar-refractivity contribution in [3.8, 4) is 0 Å². The molecule has 10 heteroatoms. The highest BCUT2D eigenvalue weighted by Gasteiger charge is 2.37. The third-order valence-corrected chi connectivity index (χ3v) is 7.38. The SMILES string of the molecule is CCN(Cc1ccc(Cl)c(Cl)c1)C(=O)C1=NN([C@H]2CCS(=O)(=O)C2)C(=O)CC1. The molecule has 0 unspecified atom stereocenters. The van der Waals surface area contributed by atoms with Crippen molar-refractivity contribution < 1.29 is 18.0 Å². The van der Waals surface area contributed by atoms with E-state index in [1.165, 1.54) is 5.01 Å². The molecular weight excluding hydrogens is 425 g/mol. The van der Waals surface area contributed by atoms with Gasteiger partial charge in [0.15, 0.2) is 9.84 Å². The van der Waals surface area contributed by atoms with Crippen LogP contribution >= 0.6 is 23.2 Å². The number of amides is 2. The van der Waals surface area contributed by atoms with E-state index in [1.807, 2.05) is 6.92 Å². The van der Waals surface area contributed by atoms with Crippen LogP contribution in [0.3, 0.4) is 0 Å². The molecule has 2 heterocycles. The predicted octanol–water partition coefficient (Wildman–Crippen LogP) is 2.51. The van der Waals surface area contributed by atoms with Crippen LogP contribution < -0.4 is 0 Å². The van der Waals surface area contributed by atoms with Gasteiger partial charge < -0.3 is 4.90 Å². The number of sulfone groups is 1. The summed E-state index contributed by atoms with van der Waals surface area (Å²) in [5.41, 5.74) is 1.10. The number of hydrogen-bond donors (Lipinski definition) is 0. The average molecular weight is 446 g/mol. The number of rotatable bonds is 5. The van der Waals surface area contributed by atoms with Crippen molar-refractivity contribution in [3.63, 3.8) is 0 Å². The van der Waals surface area contributed by atoms with Crippen molar-refractivity contribution in [3.05, 3.63) is 33.8 Å². The Bertz CT molecular complexity index is 933. The first-order valence-corrected chi connectivity index (χ1v) is 11.6. The van der Waals surface area contributed by atoms with E-state index < -0.39 is 15.9 Å². The highest BCUT2D eigenvalue weighted by Crippen LogP contribution is 2.25. The van der Waals surface area contributed by atoms with Gasteiger partial charge in [-0.2, -0.15) is 5.10 Å². The molecule has 0 bridgehead atoms.